The van der Waals surface area contributed by atoms with Crippen LogP contribution in [0.15, 0.2) is 23.1 Å². The lowest BCUT2D eigenvalue weighted by Crippen LogP contribution is -2.31. The molecule has 1 aromatic rings. The highest BCUT2D eigenvalue weighted by Gasteiger charge is 2.25. The summed E-state index contributed by atoms with van der Waals surface area (Å²) in [6, 6.07) is 4.24. The van der Waals surface area contributed by atoms with Crippen LogP contribution in [0.4, 0.5) is 5.69 Å². The summed E-state index contributed by atoms with van der Waals surface area (Å²) < 4.78 is 1.84. The van der Waals surface area contributed by atoms with Crippen molar-refractivity contribution >= 4 is 5.69 Å². The van der Waals surface area contributed by atoms with Crippen molar-refractivity contribution in [3.63, 3.8) is 0 Å². The van der Waals surface area contributed by atoms with Crippen LogP contribution in [0.1, 0.15) is 39.7 Å². The average Bonchev–Trinajstić information content (AvgIpc) is 2.89. The second-order valence-corrected chi connectivity index (χ2v) is 5.24. The second-order valence-electron chi connectivity index (χ2n) is 5.24. The molecule has 0 aromatic carbocycles. The monoisotopic (exact) mass is 206 g/mol. The Morgan fingerprint density at radius 3 is 2.60 bits per heavy atom. The van der Waals surface area contributed by atoms with Gasteiger partial charge in [0, 0.05) is 17.8 Å². The maximum Gasteiger partial charge on any atom is 0.274 e. The lowest BCUT2D eigenvalue weighted by atomic mass is 10.1. The zero-order valence-corrected chi connectivity index (χ0v) is 9.58. The van der Waals surface area contributed by atoms with E-state index in [4.69, 9.17) is 0 Å². The van der Waals surface area contributed by atoms with Crippen molar-refractivity contribution in [2.45, 2.75) is 45.2 Å². The molecule has 15 heavy (non-hydrogen) atoms. The van der Waals surface area contributed by atoms with Crippen LogP contribution in [0.5, 0.6) is 0 Å². The summed E-state index contributed by atoms with van der Waals surface area (Å²) in [5.74, 6) is 0. The van der Waals surface area contributed by atoms with Gasteiger partial charge in [-0.3, -0.25) is 4.79 Å². The fraction of sp³-hybridized carbons (Fsp3) is 0.583. The van der Waals surface area contributed by atoms with E-state index in [0.29, 0.717) is 11.7 Å². The van der Waals surface area contributed by atoms with Crippen molar-refractivity contribution in [2.75, 3.05) is 5.32 Å². The molecule has 0 saturated heterocycles. The van der Waals surface area contributed by atoms with Gasteiger partial charge in [-0.2, -0.15) is 0 Å². The number of nitrogens with zero attached hydrogens (tertiary/aromatic N) is 1. The molecule has 1 N–H and O–H groups in total. The molecule has 1 aliphatic carbocycles. The minimum atomic E-state index is -0.0676. The van der Waals surface area contributed by atoms with Gasteiger partial charge in [0.1, 0.15) is 5.69 Å². The number of anilines is 1. The lowest BCUT2D eigenvalue weighted by molar-refractivity contribution is 0.626. The number of hydrogen-bond acceptors (Lipinski definition) is 2. The number of rotatable bonds is 2. The molecular formula is C12H18N2O. The third-order valence-corrected chi connectivity index (χ3v) is 2.42. The predicted octanol–water partition coefficient (Wildman–Crippen LogP) is 2.39. The number of aromatic nitrogens is 1. The van der Waals surface area contributed by atoms with E-state index in [1.54, 1.807) is 0 Å². The van der Waals surface area contributed by atoms with Crippen LogP contribution in [0.3, 0.4) is 0 Å². The Labute approximate surface area is 90.1 Å². The van der Waals surface area contributed by atoms with Crippen LogP contribution in [-0.2, 0) is 0 Å². The quantitative estimate of drug-likeness (QED) is 0.806. The Morgan fingerprint density at radius 1 is 1.40 bits per heavy atom. The first-order valence-corrected chi connectivity index (χ1v) is 5.47. The summed E-state index contributed by atoms with van der Waals surface area (Å²) in [5, 5.41) is 3.24. The molecule has 1 aliphatic rings. The van der Waals surface area contributed by atoms with Gasteiger partial charge in [-0.15, -0.1) is 0 Å². The van der Waals surface area contributed by atoms with E-state index in [1.165, 1.54) is 0 Å². The highest BCUT2D eigenvalue weighted by Crippen LogP contribution is 2.33. The van der Waals surface area contributed by atoms with Gasteiger partial charge in [0.25, 0.3) is 5.56 Å². The highest BCUT2D eigenvalue weighted by molar-refractivity contribution is 5.42. The van der Waals surface area contributed by atoms with E-state index >= 15 is 0 Å². The standard InChI is InChI=1S/C12H18N2O/c1-12(2,3)13-10-5-4-8-14(11(10)15)9-6-7-9/h4-5,8-9,13H,6-7H2,1-3H3. The van der Waals surface area contributed by atoms with Crippen LogP contribution in [0.2, 0.25) is 0 Å². The molecular weight excluding hydrogens is 188 g/mol. The first kappa shape index (κ1) is 10.3. The normalized spacial score (nSPS) is 16.5. The molecule has 0 spiro atoms. The number of hydrogen-bond donors (Lipinski definition) is 1. The van der Waals surface area contributed by atoms with Gasteiger partial charge in [-0.25, -0.2) is 0 Å². The predicted molar refractivity (Wildman–Crippen MR) is 62.3 cm³/mol. The summed E-state index contributed by atoms with van der Waals surface area (Å²) >= 11 is 0. The zero-order chi connectivity index (χ0) is 11.1. The van der Waals surface area contributed by atoms with Gasteiger partial charge in [0.2, 0.25) is 0 Å². The molecule has 1 heterocycles. The summed E-state index contributed by atoms with van der Waals surface area (Å²) in [6.45, 7) is 6.17. The van der Waals surface area contributed by atoms with Crippen molar-refractivity contribution in [2.24, 2.45) is 0 Å². The van der Waals surface area contributed by atoms with Gasteiger partial charge in [0.05, 0.1) is 0 Å². The van der Waals surface area contributed by atoms with E-state index in [2.05, 4.69) is 26.1 Å². The summed E-state index contributed by atoms with van der Waals surface area (Å²) in [4.78, 5) is 12.0. The summed E-state index contributed by atoms with van der Waals surface area (Å²) in [7, 11) is 0. The topological polar surface area (TPSA) is 34.0 Å². The van der Waals surface area contributed by atoms with Crippen LogP contribution in [-0.4, -0.2) is 10.1 Å². The van der Waals surface area contributed by atoms with Crippen molar-refractivity contribution in [1.82, 2.24) is 4.57 Å². The Morgan fingerprint density at radius 2 is 2.07 bits per heavy atom. The molecule has 1 aromatic heterocycles. The van der Waals surface area contributed by atoms with Gasteiger partial charge >= 0.3 is 0 Å². The van der Waals surface area contributed by atoms with Crippen LogP contribution in [0, 0.1) is 0 Å². The third-order valence-electron chi connectivity index (χ3n) is 2.42. The molecule has 0 radical (unpaired) electrons. The smallest absolute Gasteiger partial charge is 0.274 e. The summed E-state index contributed by atoms with van der Waals surface area (Å²) in [5.41, 5.74) is 0.744. The minimum absolute atomic E-state index is 0.0676. The maximum atomic E-state index is 12.0. The second kappa shape index (κ2) is 3.40. The first-order valence-electron chi connectivity index (χ1n) is 5.47. The maximum absolute atomic E-state index is 12.0. The molecule has 2 rings (SSSR count). The minimum Gasteiger partial charge on any atom is -0.376 e. The Hall–Kier alpha value is -1.25. The van der Waals surface area contributed by atoms with Crippen molar-refractivity contribution in [3.05, 3.63) is 28.7 Å². The van der Waals surface area contributed by atoms with Crippen LogP contribution < -0.4 is 10.9 Å². The van der Waals surface area contributed by atoms with E-state index in [1.807, 2.05) is 22.9 Å². The van der Waals surface area contributed by atoms with Gasteiger partial charge in [0.15, 0.2) is 0 Å². The van der Waals surface area contributed by atoms with E-state index in [0.717, 1.165) is 12.8 Å². The van der Waals surface area contributed by atoms with Gasteiger partial charge in [-0.05, 0) is 45.7 Å². The SMILES string of the molecule is CC(C)(C)Nc1cccn(C2CC2)c1=O. The molecule has 3 heteroatoms. The molecule has 3 nitrogen and oxygen atoms in total. The number of nitrogens with one attached hydrogen (secondary N) is 1. The van der Waals surface area contributed by atoms with E-state index in [9.17, 15) is 4.79 Å². The molecule has 1 fully saturated rings. The van der Waals surface area contributed by atoms with Crippen LogP contribution in [0.25, 0.3) is 0 Å². The lowest BCUT2D eigenvalue weighted by Gasteiger charge is -2.22. The molecule has 0 atom stereocenters. The fourth-order valence-electron chi connectivity index (χ4n) is 1.65. The first-order chi connectivity index (χ1) is 6.97. The summed E-state index contributed by atoms with van der Waals surface area (Å²) in [6.07, 6.45) is 4.16. The third kappa shape index (κ3) is 2.41. The van der Waals surface area contributed by atoms with Crippen molar-refractivity contribution in [3.8, 4) is 0 Å². The number of pyridine rings is 1. The Bertz CT molecular complexity index is 410. The van der Waals surface area contributed by atoms with E-state index in [-0.39, 0.29) is 11.1 Å². The van der Waals surface area contributed by atoms with Gasteiger partial charge < -0.3 is 9.88 Å². The molecule has 0 amide bonds. The fourth-order valence-corrected chi connectivity index (χ4v) is 1.65. The Balaban J connectivity index is 2.32. The van der Waals surface area contributed by atoms with Crippen molar-refractivity contribution in [1.29, 1.82) is 0 Å². The molecule has 0 bridgehead atoms. The zero-order valence-electron chi connectivity index (χ0n) is 9.58. The largest absolute Gasteiger partial charge is 0.376 e. The molecule has 82 valence electrons. The van der Waals surface area contributed by atoms with E-state index < -0.39 is 0 Å². The Kier molecular flexibility index (Phi) is 2.33. The molecule has 1 saturated carbocycles. The average molecular weight is 206 g/mol. The molecule has 0 aliphatic heterocycles. The molecule has 0 unspecified atom stereocenters. The highest BCUT2D eigenvalue weighted by atomic mass is 16.1. The van der Waals surface area contributed by atoms with Crippen LogP contribution >= 0.6 is 0 Å². The van der Waals surface area contributed by atoms with Gasteiger partial charge in [-0.1, -0.05) is 0 Å². The van der Waals surface area contributed by atoms with Crippen molar-refractivity contribution < 1.29 is 0 Å².